The minimum absolute atomic E-state index is 0.168. The Morgan fingerprint density at radius 3 is 2.84 bits per heavy atom. The molecule has 2 amide bonds. The van der Waals surface area contributed by atoms with E-state index in [1.807, 2.05) is 6.92 Å². The molecule has 0 aromatic rings. The molecule has 108 valence electrons. The normalized spacial score (nSPS) is 31.8. The van der Waals surface area contributed by atoms with Crippen LogP contribution in [0.3, 0.4) is 0 Å². The number of carbonyl (C=O) groups is 2. The van der Waals surface area contributed by atoms with Crippen LogP contribution in [-0.4, -0.2) is 53.8 Å². The summed E-state index contributed by atoms with van der Waals surface area (Å²) >= 11 is 0. The van der Waals surface area contributed by atoms with Gasteiger partial charge in [0.1, 0.15) is 0 Å². The van der Waals surface area contributed by atoms with Crippen molar-refractivity contribution in [3.8, 4) is 0 Å². The number of carboxylic acid groups (broad SMARTS) is 1. The average Bonchev–Trinajstić information content (AvgIpc) is 2.39. The van der Waals surface area contributed by atoms with Crippen LogP contribution in [0.4, 0.5) is 4.79 Å². The average molecular weight is 270 g/mol. The second-order valence-electron chi connectivity index (χ2n) is 5.77. The molecule has 0 saturated carbocycles. The standard InChI is InChI=1S/C13H22N2O4/c1-13(5-3-7-19-9-13)14-12(18)15-6-2-4-10(8-15)11(16)17/h10H,2-9H2,1H3,(H,14,18)(H,16,17). The number of carboxylic acids is 1. The molecule has 2 rings (SSSR count). The van der Waals surface area contributed by atoms with Crippen LogP contribution in [0.5, 0.6) is 0 Å². The predicted octanol–water partition coefficient (Wildman–Crippen LogP) is 1.06. The molecule has 2 unspecified atom stereocenters. The Balaban J connectivity index is 1.90. The summed E-state index contributed by atoms with van der Waals surface area (Å²) in [6, 6.07) is -0.168. The number of likely N-dealkylation sites (tertiary alicyclic amines) is 1. The third kappa shape index (κ3) is 3.59. The molecule has 0 spiro atoms. The molecule has 2 aliphatic heterocycles. The van der Waals surface area contributed by atoms with Crippen LogP contribution in [0.1, 0.15) is 32.6 Å². The molecule has 0 aromatic carbocycles. The van der Waals surface area contributed by atoms with Crippen LogP contribution in [0, 0.1) is 5.92 Å². The molecule has 2 saturated heterocycles. The second kappa shape index (κ2) is 5.77. The van der Waals surface area contributed by atoms with E-state index >= 15 is 0 Å². The summed E-state index contributed by atoms with van der Waals surface area (Å²) in [5.41, 5.74) is -0.328. The highest BCUT2D eigenvalue weighted by atomic mass is 16.5. The fraction of sp³-hybridized carbons (Fsp3) is 0.846. The molecule has 0 aromatic heterocycles. The van der Waals surface area contributed by atoms with Gasteiger partial charge in [0.05, 0.1) is 18.1 Å². The number of nitrogens with zero attached hydrogens (tertiary/aromatic N) is 1. The van der Waals surface area contributed by atoms with E-state index in [1.165, 1.54) is 0 Å². The largest absolute Gasteiger partial charge is 0.481 e. The Morgan fingerprint density at radius 2 is 2.21 bits per heavy atom. The molecular formula is C13H22N2O4. The van der Waals surface area contributed by atoms with E-state index in [-0.39, 0.29) is 11.6 Å². The zero-order valence-corrected chi connectivity index (χ0v) is 11.4. The number of carbonyl (C=O) groups excluding carboxylic acids is 1. The minimum atomic E-state index is -0.815. The van der Waals surface area contributed by atoms with Gasteiger partial charge in [-0.25, -0.2) is 4.79 Å². The van der Waals surface area contributed by atoms with Crippen molar-refractivity contribution in [1.29, 1.82) is 0 Å². The van der Waals surface area contributed by atoms with Crippen LogP contribution in [-0.2, 0) is 9.53 Å². The minimum Gasteiger partial charge on any atom is -0.481 e. The monoisotopic (exact) mass is 270 g/mol. The quantitative estimate of drug-likeness (QED) is 0.786. The first kappa shape index (κ1) is 14.1. The van der Waals surface area contributed by atoms with Crippen LogP contribution in [0.15, 0.2) is 0 Å². The molecule has 0 radical (unpaired) electrons. The lowest BCUT2D eigenvalue weighted by molar-refractivity contribution is -0.143. The first-order chi connectivity index (χ1) is 9.00. The molecule has 2 aliphatic rings. The number of aliphatic carboxylic acids is 1. The summed E-state index contributed by atoms with van der Waals surface area (Å²) in [6.45, 7) is 4.18. The van der Waals surface area contributed by atoms with Crippen molar-refractivity contribution in [1.82, 2.24) is 10.2 Å². The molecule has 0 bridgehead atoms. The number of ether oxygens (including phenoxy) is 1. The van der Waals surface area contributed by atoms with Gasteiger partial charge in [0.25, 0.3) is 0 Å². The van der Waals surface area contributed by atoms with Gasteiger partial charge in [-0.15, -0.1) is 0 Å². The first-order valence-electron chi connectivity index (χ1n) is 6.88. The Morgan fingerprint density at radius 1 is 1.42 bits per heavy atom. The molecule has 19 heavy (non-hydrogen) atoms. The fourth-order valence-electron chi connectivity index (χ4n) is 2.73. The van der Waals surface area contributed by atoms with Gasteiger partial charge in [-0.05, 0) is 32.6 Å². The lowest BCUT2D eigenvalue weighted by atomic mass is 9.94. The van der Waals surface area contributed by atoms with Gasteiger partial charge in [-0.3, -0.25) is 4.79 Å². The van der Waals surface area contributed by atoms with Crippen molar-refractivity contribution in [3.63, 3.8) is 0 Å². The Bertz CT molecular complexity index is 353. The van der Waals surface area contributed by atoms with Gasteiger partial charge in [0.15, 0.2) is 0 Å². The summed E-state index contributed by atoms with van der Waals surface area (Å²) in [5.74, 6) is -1.25. The summed E-state index contributed by atoms with van der Waals surface area (Å²) in [4.78, 5) is 24.8. The Labute approximate surface area is 113 Å². The Kier molecular flexibility index (Phi) is 4.29. The SMILES string of the molecule is CC1(NC(=O)N2CCCC(C(=O)O)C2)CCCOC1. The maximum absolute atomic E-state index is 12.2. The summed E-state index contributed by atoms with van der Waals surface area (Å²) < 4.78 is 5.41. The molecule has 0 aliphatic carbocycles. The Hall–Kier alpha value is -1.30. The number of rotatable bonds is 2. The zero-order chi connectivity index (χ0) is 13.9. The number of nitrogens with one attached hydrogen (secondary N) is 1. The van der Waals surface area contributed by atoms with Crippen molar-refractivity contribution >= 4 is 12.0 Å². The predicted molar refractivity (Wildman–Crippen MR) is 68.9 cm³/mol. The van der Waals surface area contributed by atoms with Gasteiger partial charge in [-0.1, -0.05) is 0 Å². The van der Waals surface area contributed by atoms with E-state index in [2.05, 4.69) is 5.32 Å². The topological polar surface area (TPSA) is 78.9 Å². The van der Waals surface area contributed by atoms with Crippen LogP contribution < -0.4 is 5.32 Å². The highest BCUT2D eigenvalue weighted by Crippen LogP contribution is 2.21. The summed E-state index contributed by atoms with van der Waals surface area (Å²) in [5, 5.41) is 12.0. The van der Waals surface area contributed by atoms with Crippen molar-refractivity contribution in [2.24, 2.45) is 5.92 Å². The number of piperidine rings is 1. The van der Waals surface area contributed by atoms with E-state index in [0.717, 1.165) is 25.9 Å². The van der Waals surface area contributed by atoms with E-state index in [1.54, 1.807) is 4.90 Å². The van der Waals surface area contributed by atoms with E-state index in [9.17, 15) is 9.59 Å². The summed E-state index contributed by atoms with van der Waals surface area (Å²) in [6.07, 6.45) is 3.24. The zero-order valence-electron chi connectivity index (χ0n) is 11.4. The number of hydrogen-bond acceptors (Lipinski definition) is 3. The molecule has 2 atom stereocenters. The van der Waals surface area contributed by atoms with Gasteiger partial charge in [0, 0.05) is 19.7 Å². The van der Waals surface area contributed by atoms with Crippen molar-refractivity contribution in [2.75, 3.05) is 26.3 Å². The van der Waals surface area contributed by atoms with E-state index in [4.69, 9.17) is 9.84 Å². The van der Waals surface area contributed by atoms with Crippen molar-refractivity contribution in [2.45, 2.75) is 38.1 Å². The number of urea groups is 1. The second-order valence-corrected chi connectivity index (χ2v) is 5.77. The maximum Gasteiger partial charge on any atom is 0.317 e. The van der Waals surface area contributed by atoms with Crippen LogP contribution in [0.25, 0.3) is 0 Å². The molecule has 2 fully saturated rings. The molecule has 6 nitrogen and oxygen atoms in total. The summed E-state index contributed by atoms with van der Waals surface area (Å²) in [7, 11) is 0. The van der Waals surface area contributed by atoms with Gasteiger partial charge in [0.2, 0.25) is 0 Å². The highest BCUT2D eigenvalue weighted by Gasteiger charge is 2.33. The molecule has 2 N–H and O–H groups in total. The maximum atomic E-state index is 12.2. The third-order valence-corrected chi connectivity index (χ3v) is 3.90. The molecule has 2 heterocycles. The van der Waals surface area contributed by atoms with Crippen LogP contribution in [0.2, 0.25) is 0 Å². The van der Waals surface area contributed by atoms with E-state index < -0.39 is 11.9 Å². The van der Waals surface area contributed by atoms with Gasteiger partial charge >= 0.3 is 12.0 Å². The van der Waals surface area contributed by atoms with Crippen LogP contribution >= 0.6 is 0 Å². The lowest BCUT2D eigenvalue weighted by Crippen LogP contribution is -2.57. The smallest absolute Gasteiger partial charge is 0.317 e. The molecule has 6 heteroatoms. The van der Waals surface area contributed by atoms with E-state index in [0.29, 0.717) is 26.1 Å². The fourth-order valence-corrected chi connectivity index (χ4v) is 2.73. The number of amides is 2. The van der Waals surface area contributed by atoms with Gasteiger partial charge < -0.3 is 20.1 Å². The van der Waals surface area contributed by atoms with Crippen molar-refractivity contribution in [3.05, 3.63) is 0 Å². The first-order valence-corrected chi connectivity index (χ1v) is 6.88. The highest BCUT2D eigenvalue weighted by molar-refractivity contribution is 5.77. The lowest BCUT2D eigenvalue weighted by Gasteiger charge is -2.38. The van der Waals surface area contributed by atoms with Gasteiger partial charge in [-0.2, -0.15) is 0 Å². The number of hydrogen-bond donors (Lipinski definition) is 2. The van der Waals surface area contributed by atoms with Crippen molar-refractivity contribution < 1.29 is 19.4 Å². The third-order valence-electron chi connectivity index (χ3n) is 3.90. The molecular weight excluding hydrogens is 248 g/mol.